The normalized spacial score (nSPS) is 13.2. The van der Waals surface area contributed by atoms with Crippen molar-refractivity contribution in [3.63, 3.8) is 0 Å². The first-order valence-corrected chi connectivity index (χ1v) is 10.3. The second-order valence-corrected chi connectivity index (χ2v) is 7.48. The van der Waals surface area contributed by atoms with E-state index in [9.17, 15) is 0 Å². The Labute approximate surface area is 152 Å². The average molecular weight is 337 g/mol. The molecule has 0 heterocycles. The van der Waals surface area contributed by atoms with Crippen LogP contribution < -0.4 is 11.5 Å². The van der Waals surface area contributed by atoms with E-state index < -0.39 is 0 Å². The van der Waals surface area contributed by atoms with Gasteiger partial charge in [0.05, 0.1) is 0 Å². The minimum Gasteiger partial charge on any atom is -0.330 e. The Kier molecular flexibility index (Phi) is 16.8. The summed E-state index contributed by atoms with van der Waals surface area (Å²) in [6.45, 7) is 10.4. The van der Waals surface area contributed by atoms with Gasteiger partial charge in [-0.25, -0.2) is 0 Å². The van der Waals surface area contributed by atoms with E-state index in [2.05, 4.69) is 26.5 Å². The molecule has 1 atom stereocenters. The van der Waals surface area contributed by atoms with Crippen molar-refractivity contribution in [3.8, 4) is 0 Å². The molecule has 1 unspecified atom stereocenters. The standard InChI is InChI=1S/C22H44N2/c1-20(2)22(15-11-7-5-9-13-19-24)17-16-21(3)14-10-6-4-8-12-18-23/h16,22H,1,4-15,17-19,23-24H2,2-3H3. The summed E-state index contributed by atoms with van der Waals surface area (Å²) in [4.78, 5) is 0. The Hall–Kier alpha value is -0.600. The van der Waals surface area contributed by atoms with E-state index in [1.807, 2.05) is 0 Å². The molecule has 0 aromatic rings. The third-order valence-corrected chi connectivity index (χ3v) is 4.98. The fourth-order valence-electron chi connectivity index (χ4n) is 3.15. The van der Waals surface area contributed by atoms with E-state index in [-0.39, 0.29) is 0 Å². The van der Waals surface area contributed by atoms with Crippen LogP contribution >= 0.6 is 0 Å². The molecule has 24 heavy (non-hydrogen) atoms. The Bertz CT molecular complexity index is 320. The first-order chi connectivity index (χ1) is 11.6. The van der Waals surface area contributed by atoms with Crippen LogP contribution in [0.25, 0.3) is 0 Å². The van der Waals surface area contributed by atoms with Crippen molar-refractivity contribution >= 4 is 0 Å². The van der Waals surface area contributed by atoms with Crippen LogP contribution in [-0.4, -0.2) is 13.1 Å². The molecule has 2 nitrogen and oxygen atoms in total. The van der Waals surface area contributed by atoms with Crippen LogP contribution in [0.15, 0.2) is 23.8 Å². The van der Waals surface area contributed by atoms with Gasteiger partial charge >= 0.3 is 0 Å². The Morgan fingerprint density at radius 2 is 1.29 bits per heavy atom. The SMILES string of the molecule is C=C(C)C(CC=C(C)CCCCCCCN)CCCCCCCN. The van der Waals surface area contributed by atoms with Crippen molar-refractivity contribution in [1.82, 2.24) is 0 Å². The van der Waals surface area contributed by atoms with E-state index in [1.54, 1.807) is 5.57 Å². The fourth-order valence-corrected chi connectivity index (χ4v) is 3.15. The molecule has 0 saturated carbocycles. The van der Waals surface area contributed by atoms with Gasteiger partial charge in [0, 0.05) is 0 Å². The summed E-state index contributed by atoms with van der Waals surface area (Å²) < 4.78 is 0. The van der Waals surface area contributed by atoms with Crippen molar-refractivity contribution in [1.29, 1.82) is 0 Å². The zero-order valence-corrected chi connectivity index (χ0v) is 16.6. The molecule has 0 saturated heterocycles. The van der Waals surface area contributed by atoms with Gasteiger partial charge in [-0.3, -0.25) is 0 Å². The topological polar surface area (TPSA) is 52.0 Å². The lowest BCUT2D eigenvalue weighted by Crippen LogP contribution is -2.01. The van der Waals surface area contributed by atoms with Crippen LogP contribution in [0, 0.1) is 5.92 Å². The van der Waals surface area contributed by atoms with Gasteiger partial charge in [0.1, 0.15) is 0 Å². The maximum Gasteiger partial charge on any atom is -0.00773 e. The number of rotatable bonds is 17. The van der Waals surface area contributed by atoms with Crippen molar-refractivity contribution in [2.45, 2.75) is 97.3 Å². The average Bonchev–Trinajstić information content (AvgIpc) is 2.56. The van der Waals surface area contributed by atoms with Crippen LogP contribution in [-0.2, 0) is 0 Å². The molecule has 0 fully saturated rings. The smallest absolute Gasteiger partial charge is 0.00773 e. The molecule has 0 radical (unpaired) electrons. The van der Waals surface area contributed by atoms with E-state index >= 15 is 0 Å². The summed E-state index contributed by atoms with van der Waals surface area (Å²) >= 11 is 0. The van der Waals surface area contributed by atoms with Gasteiger partial charge in [-0.2, -0.15) is 0 Å². The largest absolute Gasteiger partial charge is 0.330 e. The highest BCUT2D eigenvalue weighted by Gasteiger charge is 2.08. The minimum atomic E-state index is 0.666. The maximum atomic E-state index is 5.54. The summed E-state index contributed by atoms with van der Waals surface area (Å²) in [5.74, 6) is 0.666. The molecule has 142 valence electrons. The monoisotopic (exact) mass is 336 g/mol. The van der Waals surface area contributed by atoms with E-state index in [0.29, 0.717) is 5.92 Å². The first-order valence-electron chi connectivity index (χ1n) is 10.3. The minimum absolute atomic E-state index is 0.666. The van der Waals surface area contributed by atoms with Gasteiger partial charge < -0.3 is 11.5 Å². The lowest BCUT2D eigenvalue weighted by atomic mass is 9.90. The van der Waals surface area contributed by atoms with Gasteiger partial charge in [0.15, 0.2) is 0 Å². The number of unbranched alkanes of at least 4 members (excludes halogenated alkanes) is 8. The predicted molar refractivity (Wildman–Crippen MR) is 110 cm³/mol. The highest BCUT2D eigenvalue weighted by molar-refractivity contribution is 5.04. The molecule has 0 aliphatic rings. The quantitative estimate of drug-likeness (QED) is 0.248. The Balaban J connectivity index is 3.85. The van der Waals surface area contributed by atoms with Crippen molar-refractivity contribution in [3.05, 3.63) is 23.8 Å². The molecule has 0 rings (SSSR count). The second kappa shape index (κ2) is 17.2. The maximum absolute atomic E-state index is 5.54. The van der Waals surface area contributed by atoms with Crippen molar-refractivity contribution in [2.75, 3.05) is 13.1 Å². The third kappa shape index (κ3) is 15.0. The van der Waals surface area contributed by atoms with E-state index in [4.69, 9.17) is 11.5 Å². The number of hydrogen-bond acceptors (Lipinski definition) is 2. The lowest BCUT2D eigenvalue weighted by Gasteiger charge is -2.15. The first kappa shape index (κ1) is 23.4. The Morgan fingerprint density at radius 3 is 1.83 bits per heavy atom. The number of nitrogens with two attached hydrogens (primary N) is 2. The summed E-state index contributed by atoms with van der Waals surface area (Å²) in [5, 5.41) is 0. The summed E-state index contributed by atoms with van der Waals surface area (Å²) in [6, 6.07) is 0. The van der Waals surface area contributed by atoms with Crippen LogP contribution in [0.2, 0.25) is 0 Å². The zero-order chi connectivity index (χ0) is 18.0. The van der Waals surface area contributed by atoms with Gasteiger partial charge in [-0.05, 0) is 71.4 Å². The molecule has 0 bridgehead atoms. The van der Waals surface area contributed by atoms with Crippen molar-refractivity contribution < 1.29 is 0 Å². The number of hydrogen-bond donors (Lipinski definition) is 2. The predicted octanol–water partition coefficient (Wildman–Crippen LogP) is 6.11. The Morgan fingerprint density at radius 1 is 0.792 bits per heavy atom. The molecule has 2 heteroatoms. The van der Waals surface area contributed by atoms with Gasteiger partial charge in [-0.1, -0.05) is 68.7 Å². The summed E-state index contributed by atoms with van der Waals surface area (Å²) in [7, 11) is 0. The molecule has 0 aliphatic heterocycles. The van der Waals surface area contributed by atoms with Crippen LogP contribution in [0.1, 0.15) is 97.3 Å². The highest BCUT2D eigenvalue weighted by Crippen LogP contribution is 2.23. The molecule has 0 aromatic carbocycles. The van der Waals surface area contributed by atoms with Gasteiger partial charge in [0.2, 0.25) is 0 Å². The zero-order valence-electron chi connectivity index (χ0n) is 16.6. The summed E-state index contributed by atoms with van der Waals surface area (Å²) in [6.07, 6.45) is 19.1. The lowest BCUT2D eigenvalue weighted by molar-refractivity contribution is 0.506. The van der Waals surface area contributed by atoms with E-state index in [0.717, 1.165) is 13.1 Å². The van der Waals surface area contributed by atoms with E-state index in [1.165, 1.54) is 89.0 Å². The molecule has 4 N–H and O–H groups in total. The molecule has 0 aliphatic carbocycles. The van der Waals surface area contributed by atoms with Gasteiger partial charge in [0.25, 0.3) is 0 Å². The second-order valence-electron chi connectivity index (χ2n) is 7.48. The molecule has 0 aromatic heterocycles. The van der Waals surface area contributed by atoms with Crippen molar-refractivity contribution in [2.24, 2.45) is 17.4 Å². The molecular formula is C22H44N2. The molecule has 0 amide bonds. The summed E-state index contributed by atoms with van der Waals surface area (Å²) in [5.41, 5.74) is 14.0. The molecular weight excluding hydrogens is 292 g/mol. The third-order valence-electron chi connectivity index (χ3n) is 4.98. The highest BCUT2D eigenvalue weighted by atomic mass is 14.5. The van der Waals surface area contributed by atoms with Crippen LogP contribution in [0.3, 0.4) is 0 Å². The van der Waals surface area contributed by atoms with Gasteiger partial charge in [-0.15, -0.1) is 0 Å². The van der Waals surface area contributed by atoms with Crippen LogP contribution in [0.4, 0.5) is 0 Å². The molecule has 0 spiro atoms. The fraction of sp³-hybridized carbons (Fsp3) is 0.818. The van der Waals surface area contributed by atoms with Crippen LogP contribution in [0.5, 0.6) is 0 Å². The number of allylic oxidation sites excluding steroid dienone is 3.